The summed E-state index contributed by atoms with van der Waals surface area (Å²) >= 11 is 0. The van der Waals surface area contributed by atoms with Gasteiger partial charge < -0.3 is 18.9 Å². The highest BCUT2D eigenvalue weighted by Crippen LogP contribution is 2.44. The number of methoxy groups -OCH3 is 2. The van der Waals surface area contributed by atoms with Crippen LogP contribution in [0.5, 0.6) is 11.5 Å². The van der Waals surface area contributed by atoms with Crippen LogP contribution in [-0.2, 0) is 13.0 Å². The molecule has 5 heteroatoms. The number of para-hydroxylation sites is 2. The number of fused-ring (bicyclic) bond motifs is 3. The highest BCUT2D eigenvalue weighted by Gasteiger charge is 2.34. The number of H-pyrrole nitrogens is 1. The fraction of sp³-hybridized carbons (Fsp3) is 0.250. The molecule has 4 aromatic rings. The molecular formula is C24H24N2O3. The SMILES string of the molecule is COc1cccc(C2c3[nH]c4ccccc4c3CCN2Cc2ccco2)c1OC. The zero-order chi connectivity index (χ0) is 19.8. The molecule has 0 bridgehead atoms. The van der Waals surface area contributed by atoms with Crippen LogP contribution < -0.4 is 9.47 Å². The number of aromatic amines is 1. The van der Waals surface area contributed by atoms with Crippen LogP contribution in [-0.4, -0.2) is 30.6 Å². The van der Waals surface area contributed by atoms with E-state index in [-0.39, 0.29) is 6.04 Å². The lowest BCUT2D eigenvalue weighted by molar-refractivity contribution is 0.183. The van der Waals surface area contributed by atoms with Crippen molar-refractivity contribution >= 4 is 10.9 Å². The predicted octanol–water partition coefficient (Wildman–Crippen LogP) is 4.93. The van der Waals surface area contributed by atoms with Gasteiger partial charge in [-0.25, -0.2) is 0 Å². The summed E-state index contributed by atoms with van der Waals surface area (Å²) in [4.78, 5) is 6.13. The quantitative estimate of drug-likeness (QED) is 0.527. The van der Waals surface area contributed by atoms with E-state index in [0.717, 1.165) is 42.3 Å². The average molecular weight is 388 g/mol. The van der Waals surface area contributed by atoms with E-state index in [1.165, 1.54) is 22.2 Å². The molecule has 5 rings (SSSR count). The molecule has 1 aliphatic rings. The molecule has 0 spiro atoms. The third-order valence-corrected chi connectivity index (χ3v) is 5.80. The predicted molar refractivity (Wildman–Crippen MR) is 113 cm³/mol. The molecule has 3 heterocycles. The molecule has 1 atom stereocenters. The van der Waals surface area contributed by atoms with Crippen molar-refractivity contribution in [2.45, 2.75) is 19.0 Å². The first-order valence-corrected chi connectivity index (χ1v) is 9.87. The lowest BCUT2D eigenvalue weighted by Gasteiger charge is -2.36. The van der Waals surface area contributed by atoms with Crippen LogP contribution >= 0.6 is 0 Å². The minimum Gasteiger partial charge on any atom is -0.493 e. The zero-order valence-corrected chi connectivity index (χ0v) is 16.6. The van der Waals surface area contributed by atoms with E-state index in [9.17, 15) is 0 Å². The van der Waals surface area contributed by atoms with Gasteiger partial charge in [0.05, 0.1) is 33.1 Å². The Kier molecular flexibility index (Phi) is 4.52. The molecular weight excluding hydrogens is 364 g/mol. The van der Waals surface area contributed by atoms with E-state index in [1.807, 2.05) is 24.3 Å². The van der Waals surface area contributed by atoms with E-state index < -0.39 is 0 Å². The van der Waals surface area contributed by atoms with Crippen molar-refractivity contribution in [1.29, 1.82) is 0 Å². The second-order valence-corrected chi connectivity index (χ2v) is 7.35. The Hall–Kier alpha value is -3.18. The Bertz CT molecular complexity index is 1130. The third kappa shape index (κ3) is 2.98. The molecule has 5 nitrogen and oxygen atoms in total. The molecule has 2 aromatic heterocycles. The first kappa shape index (κ1) is 17.9. The molecule has 0 saturated heterocycles. The maximum absolute atomic E-state index is 5.80. The van der Waals surface area contributed by atoms with Gasteiger partial charge >= 0.3 is 0 Å². The summed E-state index contributed by atoms with van der Waals surface area (Å²) in [6.45, 7) is 1.66. The second kappa shape index (κ2) is 7.33. The molecule has 29 heavy (non-hydrogen) atoms. The normalized spacial score (nSPS) is 16.7. The van der Waals surface area contributed by atoms with Crippen molar-refractivity contribution in [2.75, 3.05) is 20.8 Å². The summed E-state index contributed by atoms with van der Waals surface area (Å²) in [7, 11) is 3.38. The van der Waals surface area contributed by atoms with Crippen LogP contribution in [0.15, 0.2) is 65.3 Å². The number of rotatable bonds is 5. The van der Waals surface area contributed by atoms with E-state index in [2.05, 4.69) is 40.2 Å². The van der Waals surface area contributed by atoms with Gasteiger partial charge in [0.25, 0.3) is 0 Å². The maximum atomic E-state index is 5.80. The summed E-state index contributed by atoms with van der Waals surface area (Å²) in [6, 6.07) is 18.6. The summed E-state index contributed by atoms with van der Waals surface area (Å²) < 4.78 is 17.0. The summed E-state index contributed by atoms with van der Waals surface area (Å²) in [5, 5.41) is 1.30. The van der Waals surface area contributed by atoms with Crippen molar-refractivity contribution in [3.8, 4) is 11.5 Å². The summed E-state index contributed by atoms with van der Waals surface area (Å²) in [6.07, 6.45) is 2.72. The van der Waals surface area contributed by atoms with Crippen LogP contribution in [0, 0.1) is 0 Å². The topological polar surface area (TPSA) is 50.6 Å². The molecule has 0 aliphatic carbocycles. The molecule has 0 saturated carbocycles. The number of benzene rings is 2. The van der Waals surface area contributed by atoms with Gasteiger partial charge in [0.2, 0.25) is 0 Å². The number of hydrogen-bond donors (Lipinski definition) is 1. The van der Waals surface area contributed by atoms with Crippen molar-refractivity contribution in [1.82, 2.24) is 9.88 Å². The fourth-order valence-corrected chi connectivity index (χ4v) is 4.54. The molecule has 1 unspecified atom stereocenters. The van der Waals surface area contributed by atoms with Gasteiger partial charge in [0, 0.05) is 28.7 Å². The lowest BCUT2D eigenvalue weighted by Crippen LogP contribution is -2.35. The molecule has 0 radical (unpaired) electrons. The monoisotopic (exact) mass is 388 g/mol. The van der Waals surface area contributed by atoms with Gasteiger partial charge in [-0.2, -0.15) is 0 Å². The highest BCUT2D eigenvalue weighted by atomic mass is 16.5. The van der Waals surface area contributed by atoms with Gasteiger partial charge in [-0.15, -0.1) is 0 Å². The van der Waals surface area contributed by atoms with Crippen molar-refractivity contribution in [2.24, 2.45) is 0 Å². The fourth-order valence-electron chi connectivity index (χ4n) is 4.54. The second-order valence-electron chi connectivity index (χ2n) is 7.35. The number of nitrogens with zero attached hydrogens (tertiary/aromatic N) is 1. The Morgan fingerprint density at radius 1 is 1.03 bits per heavy atom. The maximum Gasteiger partial charge on any atom is 0.165 e. The van der Waals surface area contributed by atoms with Gasteiger partial charge in [0.1, 0.15) is 5.76 Å². The Labute approximate surface area is 169 Å². The van der Waals surface area contributed by atoms with E-state index in [4.69, 9.17) is 13.9 Å². The summed E-state index contributed by atoms with van der Waals surface area (Å²) in [5.41, 5.74) is 4.86. The van der Waals surface area contributed by atoms with Crippen LogP contribution in [0.4, 0.5) is 0 Å². The van der Waals surface area contributed by atoms with Crippen LogP contribution in [0.1, 0.15) is 28.6 Å². The van der Waals surface area contributed by atoms with Gasteiger partial charge in [-0.05, 0) is 36.2 Å². The largest absolute Gasteiger partial charge is 0.493 e. The van der Waals surface area contributed by atoms with E-state index in [0.29, 0.717) is 0 Å². The minimum atomic E-state index is 0.0151. The molecule has 0 fully saturated rings. The van der Waals surface area contributed by atoms with Gasteiger partial charge in [-0.3, -0.25) is 4.90 Å². The first-order chi connectivity index (χ1) is 14.3. The van der Waals surface area contributed by atoms with Crippen LogP contribution in [0.2, 0.25) is 0 Å². The Balaban J connectivity index is 1.69. The third-order valence-electron chi connectivity index (χ3n) is 5.80. The number of ether oxygens (including phenoxy) is 2. The Morgan fingerprint density at radius 2 is 1.93 bits per heavy atom. The summed E-state index contributed by atoms with van der Waals surface area (Å²) in [5.74, 6) is 2.47. The average Bonchev–Trinajstić information content (AvgIpc) is 3.40. The standard InChI is InChI=1S/C24H24N2O3/c1-27-21-11-5-9-19(24(21)28-2)23-22-18(17-8-3-4-10-20(17)25-22)12-13-26(23)15-16-7-6-14-29-16/h3-11,14,23,25H,12-13,15H2,1-2H3. The van der Waals surface area contributed by atoms with Crippen molar-refractivity contribution in [3.63, 3.8) is 0 Å². The number of hydrogen-bond acceptors (Lipinski definition) is 4. The van der Waals surface area contributed by atoms with Crippen molar-refractivity contribution < 1.29 is 13.9 Å². The zero-order valence-electron chi connectivity index (χ0n) is 16.6. The molecule has 1 N–H and O–H groups in total. The molecule has 148 valence electrons. The van der Waals surface area contributed by atoms with Crippen molar-refractivity contribution in [3.05, 3.63) is 83.4 Å². The van der Waals surface area contributed by atoms with Gasteiger partial charge in [0.15, 0.2) is 11.5 Å². The molecule has 0 amide bonds. The molecule has 2 aromatic carbocycles. The van der Waals surface area contributed by atoms with E-state index in [1.54, 1.807) is 20.5 Å². The van der Waals surface area contributed by atoms with E-state index >= 15 is 0 Å². The molecule has 1 aliphatic heterocycles. The van der Waals surface area contributed by atoms with Crippen LogP contribution in [0.25, 0.3) is 10.9 Å². The lowest BCUT2D eigenvalue weighted by atomic mass is 9.91. The number of nitrogens with one attached hydrogen (secondary N) is 1. The van der Waals surface area contributed by atoms with Gasteiger partial charge in [-0.1, -0.05) is 30.3 Å². The first-order valence-electron chi connectivity index (χ1n) is 9.87. The number of aromatic nitrogens is 1. The minimum absolute atomic E-state index is 0.0151. The highest BCUT2D eigenvalue weighted by molar-refractivity contribution is 5.85. The smallest absolute Gasteiger partial charge is 0.165 e. The Morgan fingerprint density at radius 3 is 2.72 bits per heavy atom. The van der Waals surface area contributed by atoms with Crippen LogP contribution in [0.3, 0.4) is 0 Å². The number of furan rings is 1.